The van der Waals surface area contributed by atoms with Crippen molar-refractivity contribution in [3.05, 3.63) is 111 Å². The van der Waals surface area contributed by atoms with E-state index < -0.39 is 5.76 Å². The van der Waals surface area contributed by atoms with E-state index in [2.05, 4.69) is 32.7 Å². The van der Waals surface area contributed by atoms with Crippen molar-refractivity contribution in [1.29, 1.82) is 0 Å². The van der Waals surface area contributed by atoms with E-state index in [0.717, 1.165) is 57.8 Å². The topological polar surface area (TPSA) is 94.6 Å². The predicted molar refractivity (Wildman–Crippen MR) is 142 cm³/mol. The highest BCUT2D eigenvalue weighted by Crippen LogP contribution is 2.43. The molecule has 3 aromatic heterocycles. The summed E-state index contributed by atoms with van der Waals surface area (Å²) in [5.41, 5.74) is 8.39. The fraction of sp³-hybridized carbons (Fsp3) is 0.233. The Hall–Kier alpha value is -4.66. The molecule has 1 fully saturated rings. The van der Waals surface area contributed by atoms with Crippen LogP contribution in [0, 0.1) is 5.82 Å². The molecule has 1 aliphatic carbocycles. The summed E-state index contributed by atoms with van der Waals surface area (Å²) in [5, 5.41) is 3.89. The molecule has 1 saturated carbocycles. The van der Waals surface area contributed by atoms with Crippen LogP contribution in [0.3, 0.4) is 0 Å². The lowest BCUT2D eigenvalue weighted by molar-refractivity contribution is 0.305. The minimum absolute atomic E-state index is 0.269. The molecule has 0 bridgehead atoms. The first-order valence-corrected chi connectivity index (χ1v) is 12.9. The first-order chi connectivity index (χ1) is 19.0. The van der Waals surface area contributed by atoms with E-state index in [9.17, 15) is 9.18 Å². The van der Waals surface area contributed by atoms with Crippen molar-refractivity contribution < 1.29 is 18.4 Å². The van der Waals surface area contributed by atoms with Crippen molar-refractivity contribution >= 4 is 16.8 Å². The van der Waals surface area contributed by atoms with E-state index in [0.29, 0.717) is 29.5 Å². The van der Waals surface area contributed by atoms with Gasteiger partial charge in [-0.15, -0.1) is 0 Å². The van der Waals surface area contributed by atoms with Gasteiger partial charge in [-0.1, -0.05) is 23.4 Å². The number of pyridine rings is 1. The number of hydrogen-bond donors (Lipinski definition) is 1. The number of rotatable bonds is 5. The average molecular weight is 525 g/mol. The first-order valence-electron chi connectivity index (χ1n) is 12.9. The maximum atomic E-state index is 14.2. The average Bonchev–Trinajstić information content (AvgIpc) is 3.63. The molecular formula is C30H25FN4O4. The molecule has 8 nitrogen and oxygen atoms in total. The van der Waals surface area contributed by atoms with Crippen LogP contribution in [0.15, 0.2) is 64.0 Å². The zero-order valence-corrected chi connectivity index (χ0v) is 21.5. The number of allylic oxidation sites excluding steroid dienone is 1. The summed E-state index contributed by atoms with van der Waals surface area (Å²) in [7, 11) is 1.66. The molecule has 4 heterocycles. The van der Waals surface area contributed by atoms with Gasteiger partial charge in [0.1, 0.15) is 29.6 Å². The molecule has 2 aliphatic rings. The third kappa shape index (κ3) is 4.10. The molecule has 2 aromatic carbocycles. The van der Waals surface area contributed by atoms with Crippen molar-refractivity contribution in [3.63, 3.8) is 0 Å². The molecule has 0 amide bonds. The van der Waals surface area contributed by atoms with Gasteiger partial charge in [-0.3, -0.25) is 9.51 Å². The fourth-order valence-electron chi connectivity index (χ4n) is 5.43. The van der Waals surface area contributed by atoms with Gasteiger partial charge >= 0.3 is 5.76 Å². The van der Waals surface area contributed by atoms with Crippen LogP contribution < -0.4 is 15.2 Å². The van der Waals surface area contributed by atoms with Crippen molar-refractivity contribution in [2.45, 2.75) is 38.7 Å². The largest absolute Gasteiger partial charge is 0.497 e. The third-order valence-electron chi connectivity index (χ3n) is 7.50. The van der Waals surface area contributed by atoms with Gasteiger partial charge in [0.25, 0.3) is 0 Å². The number of benzene rings is 2. The number of imidazole rings is 1. The van der Waals surface area contributed by atoms with Crippen LogP contribution in [-0.4, -0.2) is 26.6 Å². The maximum absolute atomic E-state index is 14.2. The molecule has 1 aliphatic heterocycles. The van der Waals surface area contributed by atoms with Gasteiger partial charge in [-0.25, -0.2) is 14.2 Å². The highest BCUT2D eigenvalue weighted by molar-refractivity contribution is 5.99. The number of ether oxygens (including phenoxy) is 2. The van der Waals surface area contributed by atoms with Gasteiger partial charge in [0.05, 0.1) is 18.5 Å². The van der Waals surface area contributed by atoms with Crippen LogP contribution in [0.25, 0.3) is 16.8 Å². The number of hydrogen-bond acceptors (Lipinski definition) is 6. The molecule has 0 saturated heterocycles. The summed E-state index contributed by atoms with van der Waals surface area (Å²) in [4.78, 5) is 19.3. The van der Waals surface area contributed by atoms with Gasteiger partial charge in [0, 0.05) is 41.8 Å². The van der Waals surface area contributed by atoms with Crippen LogP contribution in [0.4, 0.5) is 4.39 Å². The number of nitrogens with zero attached hydrogens (tertiary/aromatic N) is 3. The molecule has 9 heteroatoms. The van der Waals surface area contributed by atoms with Crippen LogP contribution in [0.2, 0.25) is 0 Å². The monoisotopic (exact) mass is 524 g/mol. The minimum Gasteiger partial charge on any atom is -0.497 e. The Morgan fingerprint density at radius 3 is 2.77 bits per heavy atom. The lowest BCUT2D eigenvalue weighted by Gasteiger charge is -2.14. The SMILES string of the molecule is COc1ccn2c(Cc3ccc4c(c3)COc3cc(F)ccc3C4=C(C)c3noc(=O)[nH]3)c(C3CC3)nc2c1. The number of halogens is 1. The quantitative estimate of drug-likeness (QED) is 0.326. The van der Waals surface area contributed by atoms with E-state index in [1.807, 2.05) is 25.3 Å². The normalized spacial score (nSPS) is 15.9. The van der Waals surface area contributed by atoms with Crippen LogP contribution >= 0.6 is 0 Å². The van der Waals surface area contributed by atoms with E-state index in [4.69, 9.17) is 19.0 Å². The molecule has 196 valence electrons. The van der Waals surface area contributed by atoms with Gasteiger partial charge in [0.2, 0.25) is 0 Å². The summed E-state index contributed by atoms with van der Waals surface area (Å²) in [6.45, 7) is 2.12. The summed E-state index contributed by atoms with van der Waals surface area (Å²) in [5.74, 6) is 0.993. The lowest BCUT2D eigenvalue weighted by atomic mass is 9.89. The summed E-state index contributed by atoms with van der Waals surface area (Å²) in [6, 6.07) is 14.7. The number of aromatic nitrogens is 4. The Bertz CT molecular complexity index is 1840. The first kappa shape index (κ1) is 23.5. The summed E-state index contributed by atoms with van der Waals surface area (Å²) >= 11 is 0. The van der Waals surface area contributed by atoms with Crippen LogP contribution in [0.5, 0.6) is 11.5 Å². The Balaban J connectivity index is 1.34. The van der Waals surface area contributed by atoms with E-state index in [1.54, 1.807) is 13.2 Å². The lowest BCUT2D eigenvalue weighted by Crippen LogP contribution is -2.02. The van der Waals surface area contributed by atoms with Crippen molar-refractivity contribution in [2.24, 2.45) is 0 Å². The number of methoxy groups -OCH3 is 1. The van der Waals surface area contributed by atoms with E-state index in [1.165, 1.54) is 17.8 Å². The van der Waals surface area contributed by atoms with Crippen molar-refractivity contribution in [3.8, 4) is 11.5 Å². The number of fused-ring (bicyclic) bond motifs is 3. The minimum atomic E-state index is -0.637. The molecule has 0 radical (unpaired) electrons. The van der Waals surface area contributed by atoms with E-state index in [-0.39, 0.29) is 12.4 Å². The molecule has 0 spiro atoms. The predicted octanol–water partition coefficient (Wildman–Crippen LogP) is 5.50. The van der Waals surface area contributed by atoms with Crippen molar-refractivity contribution in [2.75, 3.05) is 7.11 Å². The van der Waals surface area contributed by atoms with Gasteiger partial charge in [-0.05, 0) is 60.2 Å². The zero-order chi connectivity index (χ0) is 26.7. The maximum Gasteiger partial charge on any atom is 0.439 e. The molecule has 0 atom stereocenters. The number of nitrogens with one attached hydrogen (secondary N) is 1. The molecule has 1 N–H and O–H groups in total. The molecule has 39 heavy (non-hydrogen) atoms. The van der Waals surface area contributed by atoms with Crippen LogP contribution in [0.1, 0.15) is 65.1 Å². The Labute approximate surface area is 222 Å². The second-order valence-electron chi connectivity index (χ2n) is 10.1. The van der Waals surface area contributed by atoms with Gasteiger partial charge in [-0.2, -0.15) is 0 Å². The fourth-order valence-corrected chi connectivity index (χ4v) is 5.43. The molecule has 5 aromatic rings. The van der Waals surface area contributed by atoms with Crippen molar-refractivity contribution in [1.82, 2.24) is 19.5 Å². The Morgan fingerprint density at radius 1 is 1.15 bits per heavy atom. The van der Waals surface area contributed by atoms with E-state index >= 15 is 0 Å². The van der Waals surface area contributed by atoms with Gasteiger partial charge < -0.3 is 13.9 Å². The Kier molecular flexibility index (Phi) is 5.40. The summed E-state index contributed by atoms with van der Waals surface area (Å²) in [6.07, 6.45) is 5.02. The molecular weight excluding hydrogens is 499 g/mol. The second kappa shape index (κ2) is 8.97. The highest BCUT2D eigenvalue weighted by atomic mass is 19.1. The highest BCUT2D eigenvalue weighted by Gasteiger charge is 2.30. The summed E-state index contributed by atoms with van der Waals surface area (Å²) < 4.78 is 32.6. The standard InChI is InChI=1S/C30H25FN4O4/c1-16(29-33-30(36)39-34-29)27-22-7-3-17(11-19(22)15-38-25-13-20(31)6-8-23(25)27)12-24-28(18-4-5-18)32-26-14-21(37-2)9-10-35(24)26/h3,6-11,13-14,18H,4-5,12,15H2,1-2H3,(H,33,34,36). The molecule has 0 unspecified atom stereocenters. The number of H-pyrrole nitrogens is 1. The van der Waals surface area contributed by atoms with Gasteiger partial charge in [0.15, 0.2) is 5.82 Å². The zero-order valence-electron chi connectivity index (χ0n) is 21.5. The third-order valence-corrected chi connectivity index (χ3v) is 7.50. The Morgan fingerprint density at radius 2 is 2.00 bits per heavy atom. The smallest absolute Gasteiger partial charge is 0.439 e. The second-order valence-corrected chi connectivity index (χ2v) is 10.1. The molecule has 7 rings (SSSR count). The van der Waals surface area contributed by atoms with Crippen LogP contribution in [-0.2, 0) is 13.0 Å². The number of aromatic amines is 1.